The molecule has 0 spiro atoms. The Bertz CT molecular complexity index is 748. The lowest BCUT2D eigenvalue weighted by molar-refractivity contribution is 1.53. The van der Waals surface area contributed by atoms with Gasteiger partial charge in [0.25, 0.3) is 0 Å². The van der Waals surface area contributed by atoms with Crippen LogP contribution in [0.5, 0.6) is 0 Å². The minimum atomic E-state index is 1.25. The Morgan fingerprint density at radius 1 is 0.882 bits per heavy atom. The van der Waals surface area contributed by atoms with Gasteiger partial charge in [-0.15, -0.1) is 0 Å². The minimum absolute atomic E-state index is 1.25. The zero-order chi connectivity index (χ0) is 11.8. The van der Waals surface area contributed by atoms with E-state index in [1.54, 1.807) is 0 Å². The lowest BCUT2D eigenvalue weighted by atomic mass is 9.96. The van der Waals surface area contributed by atoms with Crippen molar-refractivity contribution in [1.29, 1.82) is 0 Å². The van der Waals surface area contributed by atoms with Crippen LogP contribution in [0.25, 0.3) is 27.6 Å². The molecule has 0 amide bonds. The molecule has 3 rings (SSSR count). The van der Waals surface area contributed by atoms with Crippen LogP contribution in [-0.2, 0) is 0 Å². The van der Waals surface area contributed by atoms with Gasteiger partial charge in [-0.1, -0.05) is 61.2 Å². The number of hydrogen-bond donors (Lipinski definition) is 0. The monoisotopic (exact) mass is 218 g/mol. The van der Waals surface area contributed by atoms with Gasteiger partial charge in [0.1, 0.15) is 0 Å². The maximum atomic E-state index is 3.79. The molecule has 0 aliphatic heterocycles. The predicted octanol–water partition coefficient (Wildman–Crippen LogP) is 3.99. The van der Waals surface area contributed by atoms with Gasteiger partial charge in [-0.3, -0.25) is 0 Å². The van der Waals surface area contributed by atoms with Crippen molar-refractivity contribution in [2.75, 3.05) is 0 Å². The maximum Gasteiger partial charge on any atom is -0.00302 e. The molecule has 17 heavy (non-hydrogen) atoms. The Kier molecular flexibility index (Phi) is 2.22. The molecule has 0 bridgehead atoms. The van der Waals surface area contributed by atoms with Gasteiger partial charge in [0.05, 0.1) is 0 Å². The standard InChI is InChI=1S/C17H14/c1-3-5-13-10-11-15-7-4-6-14-9-8-12(2)16(13)17(14)15/h3-11H,1H2,2H3/b13-5-. The van der Waals surface area contributed by atoms with Crippen molar-refractivity contribution in [3.05, 3.63) is 65.9 Å². The molecule has 0 nitrogen and oxygen atoms in total. The van der Waals surface area contributed by atoms with E-state index < -0.39 is 0 Å². The van der Waals surface area contributed by atoms with Crippen LogP contribution < -0.4 is 5.22 Å². The molecule has 82 valence electrons. The summed E-state index contributed by atoms with van der Waals surface area (Å²) in [7, 11) is 0. The first-order valence-corrected chi connectivity index (χ1v) is 5.85. The summed E-state index contributed by atoms with van der Waals surface area (Å²) in [6, 6.07) is 15.2. The Morgan fingerprint density at radius 2 is 1.59 bits per heavy atom. The second-order valence-electron chi connectivity index (χ2n) is 4.39. The first kappa shape index (κ1) is 10.1. The summed E-state index contributed by atoms with van der Waals surface area (Å²) < 4.78 is 0. The molecule has 0 unspecified atom stereocenters. The fourth-order valence-electron chi connectivity index (χ4n) is 2.55. The van der Waals surface area contributed by atoms with E-state index in [9.17, 15) is 0 Å². The fraction of sp³-hybridized carbons (Fsp3) is 0.0588. The minimum Gasteiger partial charge on any atom is -0.0990 e. The van der Waals surface area contributed by atoms with Gasteiger partial charge in [0.15, 0.2) is 0 Å². The number of benzene rings is 3. The first-order valence-electron chi connectivity index (χ1n) is 5.85. The van der Waals surface area contributed by atoms with E-state index >= 15 is 0 Å². The zero-order valence-corrected chi connectivity index (χ0v) is 9.90. The third-order valence-corrected chi connectivity index (χ3v) is 3.31. The van der Waals surface area contributed by atoms with Gasteiger partial charge in [-0.05, 0) is 39.3 Å². The van der Waals surface area contributed by atoms with Crippen molar-refractivity contribution in [2.24, 2.45) is 0 Å². The largest absolute Gasteiger partial charge is 0.0990 e. The van der Waals surface area contributed by atoms with E-state index in [-0.39, 0.29) is 0 Å². The summed E-state index contributed by atoms with van der Waals surface area (Å²) in [5.74, 6) is 0. The van der Waals surface area contributed by atoms with Crippen LogP contribution in [0.4, 0.5) is 0 Å². The molecular weight excluding hydrogens is 204 g/mol. The van der Waals surface area contributed by atoms with Gasteiger partial charge in [0.2, 0.25) is 0 Å². The predicted molar refractivity (Wildman–Crippen MR) is 76.1 cm³/mol. The summed E-state index contributed by atoms with van der Waals surface area (Å²) >= 11 is 0. The molecule has 3 aromatic rings. The molecule has 0 aliphatic carbocycles. The van der Waals surface area contributed by atoms with Crippen LogP contribution in [0.3, 0.4) is 0 Å². The SMILES string of the molecule is C=C/C=c1/ccc2cccc3ccc(C)c1c32. The molecule has 0 saturated heterocycles. The summed E-state index contributed by atoms with van der Waals surface area (Å²) in [6.45, 7) is 5.96. The van der Waals surface area contributed by atoms with Gasteiger partial charge >= 0.3 is 0 Å². The summed E-state index contributed by atoms with van der Waals surface area (Å²) in [4.78, 5) is 0. The Labute approximate surface area is 101 Å². The van der Waals surface area contributed by atoms with E-state index in [1.807, 2.05) is 6.08 Å². The molecule has 0 atom stereocenters. The first-order chi connectivity index (χ1) is 8.31. The molecule has 0 aromatic heterocycles. The highest BCUT2D eigenvalue weighted by molar-refractivity contribution is 6.11. The number of rotatable bonds is 1. The second-order valence-corrected chi connectivity index (χ2v) is 4.39. The number of allylic oxidation sites excluding steroid dienone is 1. The Hall–Kier alpha value is -2.08. The van der Waals surface area contributed by atoms with Crippen LogP contribution >= 0.6 is 0 Å². The van der Waals surface area contributed by atoms with Crippen LogP contribution in [0.1, 0.15) is 5.56 Å². The van der Waals surface area contributed by atoms with Crippen LogP contribution in [-0.4, -0.2) is 0 Å². The molecule has 0 heteroatoms. The van der Waals surface area contributed by atoms with Crippen molar-refractivity contribution < 1.29 is 0 Å². The third-order valence-electron chi connectivity index (χ3n) is 3.31. The molecule has 0 N–H and O–H groups in total. The van der Waals surface area contributed by atoms with E-state index in [0.717, 1.165) is 0 Å². The number of hydrogen-bond acceptors (Lipinski definition) is 0. The second kappa shape index (κ2) is 3.74. The molecule has 0 fully saturated rings. The molecule has 0 radical (unpaired) electrons. The molecule has 0 heterocycles. The van der Waals surface area contributed by atoms with E-state index in [2.05, 4.69) is 62.0 Å². The molecule has 3 aromatic carbocycles. The summed E-state index contributed by atoms with van der Waals surface area (Å²) in [5.41, 5.74) is 1.32. The summed E-state index contributed by atoms with van der Waals surface area (Å²) in [5, 5.41) is 6.58. The Morgan fingerprint density at radius 3 is 2.29 bits per heavy atom. The van der Waals surface area contributed by atoms with E-state index in [0.29, 0.717) is 0 Å². The van der Waals surface area contributed by atoms with E-state index in [1.165, 1.54) is 32.3 Å². The van der Waals surface area contributed by atoms with E-state index in [4.69, 9.17) is 0 Å². The van der Waals surface area contributed by atoms with Crippen LogP contribution in [0.2, 0.25) is 0 Å². The van der Waals surface area contributed by atoms with Gasteiger partial charge in [-0.25, -0.2) is 0 Å². The molecule has 0 aliphatic rings. The van der Waals surface area contributed by atoms with Gasteiger partial charge in [-0.2, -0.15) is 0 Å². The van der Waals surface area contributed by atoms with Gasteiger partial charge < -0.3 is 0 Å². The van der Waals surface area contributed by atoms with Crippen molar-refractivity contribution in [1.82, 2.24) is 0 Å². The quantitative estimate of drug-likeness (QED) is 0.579. The average molecular weight is 218 g/mol. The highest BCUT2D eigenvalue weighted by Gasteiger charge is 2.04. The maximum absolute atomic E-state index is 3.79. The van der Waals surface area contributed by atoms with Crippen molar-refractivity contribution in [3.8, 4) is 0 Å². The normalized spacial score (nSPS) is 12.4. The smallest absolute Gasteiger partial charge is 0.00302 e. The van der Waals surface area contributed by atoms with Gasteiger partial charge in [0, 0.05) is 0 Å². The fourth-order valence-corrected chi connectivity index (χ4v) is 2.55. The van der Waals surface area contributed by atoms with Crippen LogP contribution in [0.15, 0.2) is 55.1 Å². The third kappa shape index (κ3) is 1.45. The van der Waals surface area contributed by atoms with Crippen molar-refractivity contribution in [3.63, 3.8) is 0 Å². The number of aryl methyl sites for hydroxylation is 1. The lowest BCUT2D eigenvalue weighted by Crippen LogP contribution is -2.03. The van der Waals surface area contributed by atoms with Crippen molar-refractivity contribution in [2.45, 2.75) is 6.92 Å². The molecular formula is C17H14. The highest BCUT2D eigenvalue weighted by atomic mass is 14.1. The summed E-state index contributed by atoms with van der Waals surface area (Å²) in [6.07, 6.45) is 3.93. The highest BCUT2D eigenvalue weighted by Crippen LogP contribution is 2.26. The lowest BCUT2D eigenvalue weighted by Gasteiger charge is -2.08. The van der Waals surface area contributed by atoms with Crippen molar-refractivity contribution >= 4 is 27.6 Å². The average Bonchev–Trinajstić information content (AvgIpc) is 2.35. The topological polar surface area (TPSA) is 0 Å². The van der Waals surface area contributed by atoms with Crippen LogP contribution in [0, 0.1) is 6.92 Å². The zero-order valence-electron chi connectivity index (χ0n) is 9.90. The Balaban J connectivity index is 2.70. The molecule has 0 saturated carbocycles.